The minimum absolute atomic E-state index is 0.00339. The van der Waals surface area contributed by atoms with Gasteiger partial charge in [-0.05, 0) is 37.5 Å². The minimum Gasteiger partial charge on any atom is -0.484 e. The van der Waals surface area contributed by atoms with Crippen LogP contribution < -0.4 is 20.7 Å². The first-order valence-corrected chi connectivity index (χ1v) is 10.3. The van der Waals surface area contributed by atoms with E-state index in [4.69, 9.17) is 16.3 Å². The summed E-state index contributed by atoms with van der Waals surface area (Å²) in [6.45, 7) is -0.220. The number of amides is 2. The molecule has 0 spiro atoms. The Bertz CT molecular complexity index is 1090. The maximum Gasteiger partial charge on any atom is 0.265 e. The summed E-state index contributed by atoms with van der Waals surface area (Å²) in [4.78, 5) is 29.2. The van der Waals surface area contributed by atoms with Gasteiger partial charge < -0.3 is 20.7 Å². The van der Waals surface area contributed by atoms with Crippen LogP contribution in [-0.2, 0) is 9.59 Å². The van der Waals surface area contributed by atoms with Crippen LogP contribution in [0.4, 0.5) is 10.1 Å². The van der Waals surface area contributed by atoms with Crippen LogP contribution >= 0.6 is 11.6 Å². The minimum atomic E-state index is -0.664. The molecule has 2 aromatic carbocycles. The number of carbonyl (C=O) groups is 2. The third-order valence-corrected chi connectivity index (χ3v) is 6.25. The number of nitrogens with zero attached hydrogens (tertiary/aromatic N) is 1. The number of fused-ring (bicyclic) bond motifs is 1. The van der Waals surface area contributed by atoms with Gasteiger partial charge in [-0.3, -0.25) is 14.6 Å². The summed E-state index contributed by atoms with van der Waals surface area (Å²) in [5.41, 5.74) is 1.22. The van der Waals surface area contributed by atoms with Gasteiger partial charge in [0, 0.05) is 34.6 Å². The number of ether oxygens (including phenoxy) is 1. The quantitative estimate of drug-likeness (QED) is 0.641. The average molecular weight is 443 g/mol. The molecule has 0 saturated heterocycles. The van der Waals surface area contributed by atoms with Gasteiger partial charge in [-0.25, -0.2) is 4.39 Å². The van der Waals surface area contributed by atoms with E-state index in [0.717, 1.165) is 17.3 Å². The second-order valence-electron chi connectivity index (χ2n) is 8.41. The third-order valence-electron chi connectivity index (χ3n) is 5.95. The molecule has 3 N–H and O–H groups in total. The zero-order valence-corrected chi connectivity index (χ0v) is 17.2. The summed E-state index contributed by atoms with van der Waals surface area (Å²) >= 11 is 5.63. The lowest BCUT2D eigenvalue weighted by atomic mass is 9.44. The molecule has 2 aromatic rings. The molecule has 2 amide bonds. The van der Waals surface area contributed by atoms with Crippen molar-refractivity contribution in [2.24, 2.45) is 4.99 Å². The Hall–Kier alpha value is -3.13. The van der Waals surface area contributed by atoms with Crippen molar-refractivity contribution in [1.82, 2.24) is 10.6 Å². The van der Waals surface area contributed by atoms with Gasteiger partial charge in [0.25, 0.3) is 11.8 Å². The van der Waals surface area contributed by atoms with E-state index in [-0.39, 0.29) is 40.3 Å². The van der Waals surface area contributed by atoms with Crippen molar-refractivity contribution in [2.75, 3.05) is 11.9 Å². The lowest BCUT2D eigenvalue weighted by Crippen LogP contribution is -2.84. The van der Waals surface area contributed by atoms with E-state index in [1.165, 1.54) is 12.1 Å². The van der Waals surface area contributed by atoms with Crippen molar-refractivity contribution < 1.29 is 18.7 Å². The Morgan fingerprint density at radius 1 is 1.16 bits per heavy atom. The standard InChI is InChI=1S/C22H20ClFN4O3/c23-15-6-5-14(7-16(15)24)31-9-18(29)27-21-10-22(11-21,12-21)28-20(30)19-25-8-13-3-1-2-4-17(13)26-19/h1-8,19,26H,9-12H2,(H,27,29)(H,28,30). The van der Waals surface area contributed by atoms with Gasteiger partial charge in [-0.1, -0.05) is 29.8 Å². The van der Waals surface area contributed by atoms with Crippen LogP contribution in [-0.4, -0.2) is 41.9 Å². The summed E-state index contributed by atoms with van der Waals surface area (Å²) < 4.78 is 18.8. The number of halogens is 2. The first kappa shape index (κ1) is 19.8. The first-order valence-electron chi connectivity index (χ1n) is 9.95. The summed E-state index contributed by atoms with van der Waals surface area (Å²) in [6.07, 6.45) is 3.04. The molecule has 6 rings (SSSR count). The predicted octanol–water partition coefficient (Wildman–Crippen LogP) is 2.64. The van der Waals surface area contributed by atoms with Crippen molar-refractivity contribution in [1.29, 1.82) is 0 Å². The monoisotopic (exact) mass is 442 g/mol. The van der Waals surface area contributed by atoms with Gasteiger partial charge in [-0.2, -0.15) is 0 Å². The largest absolute Gasteiger partial charge is 0.484 e. The Kier molecular flexibility index (Phi) is 4.62. The number of carbonyl (C=O) groups excluding carboxylic acids is 2. The second-order valence-corrected chi connectivity index (χ2v) is 8.81. The Morgan fingerprint density at radius 3 is 2.68 bits per heavy atom. The number of aliphatic imine (C=N–C) groups is 1. The molecule has 3 saturated carbocycles. The van der Waals surface area contributed by atoms with Crippen LogP contribution in [0, 0.1) is 5.82 Å². The molecule has 1 unspecified atom stereocenters. The normalized spacial score (nSPS) is 27.1. The van der Waals surface area contributed by atoms with Gasteiger partial charge in [0.1, 0.15) is 11.6 Å². The SMILES string of the molecule is O=C(COc1ccc(Cl)c(F)c1)NC12CC(NC(=O)C3N=Cc4ccccc4N3)(C1)C2. The van der Waals surface area contributed by atoms with Crippen LogP contribution in [0.1, 0.15) is 24.8 Å². The van der Waals surface area contributed by atoms with Crippen molar-refractivity contribution in [3.05, 3.63) is 58.9 Å². The second kappa shape index (κ2) is 7.23. The first-order chi connectivity index (χ1) is 14.9. The summed E-state index contributed by atoms with van der Waals surface area (Å²) in [5, 5.41) is 9.17. The molecular formula is C22H20ClFN4O3. The number of hydrogen-bond acceptors (Lipinski definition) is 5. The van der Waals surface area contributed by atoms with Crippen molar-refractivity contribution in [3.8, 4) is 5.75 Å². The average Bonchev–Trinajstić information content (AvgIpc) is 2.71. The fourth-order valence-electron chi connectivity index (χ4n) is 4.64. The van der Waals surface area contributed by atoms with Gasteiger partial charge in [0.05, 0.1) is 5.02 Å². The van der Waals surface area contributed by atoms with E-state index in [1.807, 2.05) is 24.3 Å². The molecule has 1 heterocycles. The molecule has 4 aliphatic rings. The molecule has 7 nitrogen and oxygen atoms in total. The summed E-state index contributed by atoms with van der Waals surface area (Å²) in [5.74, 6) is -0.832. The van der Waals surface area contributed by atoms with Crippen molar-refractivity contribution in [3.63, 3.8) is 0 Å². The zero-order valence-electron chi connectivity index (χ0n) is 16.5. The number of hydrogen-bond donors (Lipinski definition) is 3. The molecule has 2 bridgehead atoms. The Balaban J connectivity index is 1.09. The number of nitrogens with one attached hydrogen (secondary N) is 3. The molecule has 160 valence electrons. The van der Waals surface area contributed by atoms with Gasteiger partial charge >= 0.3 is 0 Å². The molecular weight excluding hydrogens is 423 g/mol. The van der Waals surface area contributed by atoms with E-state index in [0.29, 0.717) is 19.3 Å². The van der Waals surface area contributed by atoms with E-state index >= 15 is 0 Å². The molecule has 3 fully saturated rings. The van der Waals surface area contributed by atoms with Gasteiger partial charge in [-0.15, -0.1) is 0 Å². The van der Waals surface area contributed by atoms with E-state index in [1.54, 1.807) is 6.21 Å². The topological polar surface area (TPSA) is 91.8 Å². The summed E-state index contributed by atoms with van der Waals surface area (Å²) in [6, 6.07) is 11.7. The fraction of sp³-hybridized carbons (Fsp3) is 0.318. The molecule has 31 heavy (non-hydrogen) atoms. The molecule has 3 aliphatic carbocycles. The highest BCUT2D eigenvalue weighted by molar-refractivity contribution is 6.30. The fourth-order valence-corrected chi connectivity index (χ4v) is 4.76. The number of anilines is 1. The molecule has 1 atom stereocenters. The lowest BCUT2D eigenvalue weighted by Gasteiger charge is -2.70. The molecule has 0 aromatic heterocycles. The number of benzene rings is 2. The number of para-hydroxylation sites is 1. The summed E-state index contributed by atoms with van der Waals surface area (Å²) in [7, 11) is 0. The zero-order chi connectivity index (χ0) is 21.6. The van der Waals surface area contributed by atoms with E-state index in [9.17, 15) is 14.0 Å². The lowest BCUT2D eigenvalue weighted by molar-refractivity contribution is -0.150. The highest BCUT2D eigenvalue weighted by Gasteiger charge is 2.69. The van der Waals surface area contributed by atoms with Crippen LogP contribution in [0.25, 0.3) is 0 Å². The number of rotatable bonds is 6. The van der Waals surface area contributed by atoms with Gasteiger partial charge in [0.15, 0.2) is 12.8 Å². The predicted molar refractivity (Wildman–Crippen MR) is 114 cm³/mol. The Labute approximate surface area is 183 Å². The molecule has 0 radical (unpaired) electrons. The molecule has 1 aliphatic heterocycles. The van der Waals surface area contributed by atoms with E-state index in [2.05, 4.69) is 20.9 Å². The van der Waals surface area contributed by atoms with Gasteiger partial charge in [0.2, 0.25) is 0 Å². The van der Waals surface area contributed by atoms with Crippen LogP contribution in [0.5, 0.6) is 5.75 Å². The highest BCUT2D eigenvalue weighted by Crippen LogP contribution is 2.60. The molecule has 9 heteroatoms. The Morgan fingerprint density at radius 2 is 1.90 bits per heavy atom. The highest BCUT2D eigenvalue weighted by atomic mass is 35.5. The maximum absolute atomic E-state index is 13.4. The van der Waals surface area contributed by atoms with E-state index < -0.39 is 12.0 Å². The smallest absolute Gasteiger partial charge is 0.265 e. The maximum atomic E-state index is 13.4. The third kappa shape index (κ3) is 3.72. The van der Waals surface area contributed by atoms with Crippen LogP contribution in [0.2, 0.25) is 5.02 Å². The van der Waals surface area contributed by atoms with Crippen molar-refractivity contribution in [2.45, 2.75) is 36.5 Å². The van der Waals surface area contributed by atoms with Crippen LogP contribution in [0.15, 0.2) is 47.5 Å². The van der Waals surface area contributed by atoms with Crippen molar-refractivity contribution >= 4 is 35.3 Å². The van der Waals surface area contributed by atoms with Crippen LogP contribution in [0.3, 0.4) is 0 Å².